The summed E-state index contributed by atoms with van der Waals surface area (Å²) in [4.78, 5) is 16.1. The van der Waals surface area contributed by atoms with Gasteiger partial charge in [0.15, 0.2) is 0 Å². The minimum atomic E-state index is -0.117. The number of hydrogen-bond donors (Lipinski definition) is 0. The first-order valence-corrected chi connectivity index (χ1v) is 11.0. The van der Waals surface area contributed by atoms with E-state index in [0.717, 1.165) is 47.7 Å². The highest BCUT2D eigenvalue weighted by molar-refractivity contribution is 5.69. The lowest BCUT2D eigenvalue weighted by atomic mass is 10.1. The lowest BCUT2D eigenvalue weighted by molar-refractivity contribution is -0.143. The van der Waals surface area contributed by atoms with Crippen LogP contribution in [0.1, 0.15) is 49.4 Å². The van der Waals surface area contributed by atoms with Gasteiger partial charge in [0.05, 0.1) is 19.8 Å². The van der Waals surface area contributed by atoms with Crippen molar-refractivity contribution >= 4 is 5.97 Å². The van der Waals surface area contributed by atoms with Crippen LogP contribution >= 0.6 is 0 Å². The van der Waals surface area contributed by atoms with E-state index in [9.17, 15) is 4.79 Å². The maximum atomic E-state index is 11.4. The van der Waals surface area contributed by atoms with Crippen LogP contribution in [0, 0.1) is 13.8 Å². The first-order valence-electron chi connectivity index (χ1n) is 11.0. The number of hydrogen-bond acceptors (Lipinski definition) is 4. The third-order valence-electron chi connectivity index (χ3n) is 5.25. The summed E-state index contributed by atoms with van der Waals surface area (Å²) in [5.41, 5.74) is 4.59. The van der Waals surface area contributed by atoms with Gasteiger partial charge >= 0.3 is 5.97 Å². The first-order chi connectivity index (χ1) is 15.1. The van der Waals surface area contributed by atoms with Gasteiger partial charge < -0.3 is 14.0 Å². The van der Waals surface area contributed by atoms with E-state index in [2.05, 4.69) is 53.7 Å². The first kappa shape index (κ1) is 22.6. The Kier molecular flexibility index (Phi) is 8.27. The van der Waals surface area contributed by atoms with Gasteiger partial charge in [-0.2, -0.15) is 0 Å². The zero-order chi connectivity index (χ0) is 22.1. The molecule has 0 saturated carbocycles. The minimum absolute atomic E-state index is 0.117. The van der Waals surface area contributed by atoms with Crippen LogP contribution in [0.5, 0.6) is 5.75 Å². The van der Waals surface area contributed by atoms with Crippen LogP contribution in [-0.2, 0) is 16.1 Å². The second kappa shape index (κ2) is 11.3. The standard InChI is InChI=1S/C26H32N2O3/c1-4-30-25(29)12-6-5-9-17-31-24-11-8-7-10-23(24)19-28-21(3)18-27-26(28)22-15-13-20(2)14-16-22/h7-8,10-11,13-16,18H,4-6,9,12,17,19H2,1-3H3. The molecule has 0 amide bonds. The Balaban J connectivity index is 1.61. The van der Waals surface area contributed by atoms with Gasteiger partial charge in [0.2, 0.25) is 0 Å². The Morgan fingerprint density at radius 1 is 1.00 bits per heavy atom. The summed E-state index contributed by atoms with van der Waals surface area (Å²) in [5, 5.41) is 0. The van der Waals surface area contributed by atoms with E-state index in [1.807, 2.05) is 31.3 Å². The monoisotopic (exact) mass is 420 g/mol. The van der Waals surface area contributed by atoms with E-state index in [-0.39, 0.29) is 5.97 Å². The number of esters is 1. The van der Waals surface area contributed by atoms with Gasteiger partial charge in [-0.1, -0.05) is 48.0 Å². The van der Waals surface area contributed by atoms with Crippen LogP contribution in [0.2, 0.25) is 0 Å². The molecule has 5 nitrogen and oxygen atoms in total. The average Bonchev–Trinajstić information content (AvgIpc) is 3.12. The van der Waals surface area contributed by atoms with Gasteiger partial charge in [-0.05, 0) is 46.1 Å². The van der Waals surface area contributed by atoms with Crippen LogP contribution in [0.15, 0.2) is 54.7 Å². The fraction of sp³-hybridized carbons (Fsp3) is 0.385. The van der Waals surface area contributed by atoms with Crippen molar-refractivity contribution < 1.29 is 14.3 Å². The largest absolute Gasteiger partial charge is 0.493 e. The van der Waals surface area contributed by atoms with Crippen molar-refractivity contribution in [2.24, 2.45) is 0 Å². The molecule has 0 radical (unpaired) electrons. The zero-order valence-electron chi connectivity index (χ0n) is 18.8. The highest BCUT2D eigenvalue weighted by Gasteiger charge is 2.12. The van der Waals surface area contributed by atoms with E-state index >= 15 is 0 Å². The summed E-state index contributed by atoms with van der Waals surface area (Å²) in [6.07, 6.45) is 5.08. The molecule has 1 heterocycles. The molecule has 5 heteroatoms. The Hall–Kier alpha value is -3.08. The van der Waals surface area contributed by atoms with Crippen LogP contribution in [0.25, 0.3) is 11.4 Å². The predicted molar refractivity (Wildman–Crippen MR) is 123 cm³/mol. The molecule has 0 spiro atoms. The molecule has 164 valence electrons. The van der Waals surface area contributed by atoms with E-state index in [0.29, 0.717) is 26.2 Å². The lowest BCUT2D eigenvalue weighted by Crippen LogP contribution is -2.07. The third-order valence-corrected chi connectivity index (χ3v) is 5.25. The average molecular weight is 421 g/mol. The van der Waals surface area contributed by atoms with Crippen molar-refractivity contribution in [2.75, 3.05) is 13.2 Å². The summed E-state index contributed by atoms with van der Waals surface area (Å²) < 4.78 is 13.3. The van der Waals surface area contributed by atoms with Crippen molar-refractivity contribution in [3.63, 3.8) is 0 Å². The minimum Gasteiger partial charge on any atom is -0.493 e. The normalized spacial score (nSPS) is 10.8. The van der Waals surface area contributed by atoms with Crippen LogP contribution in [-0.4, -0.2) is 28.7 Å². The van der Waals surface area contributed by atoms with Crippen LogP contribution < -0.4 is 4.74 Å². The van der Waals surface area contributed by atoms with E-state index in [1.165, 1.54) is 5.56 Å². The number of ether oxygens (including phenoxy) is 2. The molecule has 0 fully saturated rings. The number of imidazole rings is 1. The van der Waals surface area contributed by atoms with Crippen molar-refractivity contribution in [3.05, 3.63) is 71.5 Å². The molecule has 0 saturated heterocycles. The predicted octanol–water partition coefficient (Wildman–Crippen LogP) is 5.72. The molecular weight excluding hydrogens is 388 g/mol. The second-order valence-corrected chi connectivity index (χ2v) is 7.75. The topological polar surface area (TPSA) is 53.4 Å². The number of rotatable bonds is 11. The number of para-hydroxylation sites is 1. The summed E-state index contributed by atoms with van der Waals surface area (Å²) in [5.74, 6) is 1.75. The number of carbonyl (C=O) groups excluding carboxylic acids is 1. The molecule has 0 aliphatic carbocycles. The smallest absolute Gasteiger partial charge is 0.305 e. The molecule has 0 aliphatic heterocycles. The summed E-state index contributed by atoms with van der Waals surface area (Å²) >= 11 is 0. The van der Waals surface area contributed by atoms with E-state index in [1.54, 1.807) is 0 Å². The van der Waals surface area contributed by atoms with Crippen molar-refractivity contribution in [3.8, 4) is 17.1 Å². The molecule has 1 aromatic heterocycles. The Labute approximate surface area is 185 Å². The maximum absolute atomic E-state index is 11.4. The third kappa shape index (κ3) is 6.45. The fourth-order valence-corrected chi connectivity index (χ4v) is 3.50. The molecule has 0 unspecified atom stereocenters. The molecule has 3 aromatic rings. The van der Waals surface area contributed by atoms with Gasteiger partial charge in [-0.25, -0.2) is 4.98 Å². The van der Waals surface area contributed by atoms with Crippen molar-refractivity contribution in [1.29, 1.82) is 0 Å². The molecule has 3 rings (SSSR count). The lowest BCUT2D eigenvalue weighted by Gasteiger charge is -2.15. The van der Waals surface area contributed by atoms with Gasteiger partial charge in [-0.3, -0.25) is 4.79 Å². The van der Waals surface area contributed by atoms with Crippen LogP contribution in [0.3, 0.4) is 0 Å². The zero-order valence-corrected chi connectivity index (χ0v) is 18.8. The second-order valence-electron chi connectivity index (χ2n) is 7.75. The number of carbonyl (C=O) groups is 1. The maximum Gasteiger partial charge on any atom is 0.305 e. The highest BCUT2D eigenvalue weighted by Crippen LogP contribution is 2.25. The summed E-state index contributed by atoms with van der Waals surface area (Å²) in [6.45, 7) is 7.78. The number of nitrogens with zero attached hydrogens (tertiary/aromatic N) is 2. The SMILES string of the molecule is CCOC(=O)CCCCCOc1ccccc1Cn1c(C)cnc1-c1ccc(C)cc1. The summed E-state index contributed by atoms with van der Waals surface area (Å²) in [6, 6.07) is 16.6. The van der Waals surface area contributed by atoms with Gasteiger partial charge in [-0.15, -0.1) is 0 Å². The molecule has 31 heavy (non-hydrogen) atoms. The van der Waals surface area contributed by atoms with Gasteiger partial charge in [0, 0.05) is 29.4 Å². The Morgan fingerprint density at radius 2 is 1.77 bits per heavy atom. The fourth-order valence-electron chi connectivity index (χ4n) is 3.50. The Bertz CT molecular complexity index is 977. The van der Waals surface area contributed by atoms with Crippen LogP contribution in [0.4, 0.5) is 0 Å². The van der Waals surface area contributed by atoms with Crippen molar-refractivity contribution in [1.82, 2.24) is 9.55 Å². The Morgan fingerprint density at radius 3 is 2.55 bits per heavy atom. The molecule has 2 aromatic carbocycles. The summed E-state index contributed by atoms with van der Waals surface area (Å²) in [7, 11) is 0. The molecule has 0 atom stereocenters. The molecule has 0 aliphatic rings. The van der Waals surface area contributed by atoms with E-state index < -0.39 is 0 Å². The van der Waals surface area contributed by atoms with E-state index in [4.69, 9.17) is 9.47 Å². The number of aromatic nitrogens is 2. The quantitative estimate of drug-likeness (QED) is 0.294. The number of benzene rings is 2. The molecule has 0 N–H and O–H groups in total. The molecule has 0 bridgehead atoms. The van der Waals surface area contributed by atoms with Gasteiger partial charge in [0.1, 0.15) is 11.6 Å². The molecular formula is C26H32N2O3. The highest BCUT2D eigenvalue weighted by atomic mass is 16.5. The van der Waals surface area contributed by atoms with Gasteiger partial charge in [0.25, 0.3) is 0 Å². The number of unbranched alkanes of at least 4 members (excludes halogenated alkanes) is 2. The number of aryl methyl sites for hydroxylation is 2. The van der Waals surface area contributed by atoms with Crippen molar-refractivity contribution in [2.45, 2.75) is 53.0 Å².